The summed E-state index contributed by atoms with van der Waals surface area (Å²) < 4.78 is 62.4. The number of benzene rings is 1. The van der Waals surface area contributed by atoms with Gasteiger partial charge in [-0.3, -0.25) is 4.79 Å². The molecular weight excluding hydrogens is 371 g/mol. The molecule has 0 heterocycles. The topological polar surface area (TPSA) is 70.4 Å². The van der Waals surface area contributed by atoms with Gasteiger partial charge in [0, 0.05) is 19.1 Å². The number of nitrogens with two attached hydrogens (primary N) is 1. The predicted octanol–water partition coefficient (Wildman–Crippen LogP) is 3.62. The van der Waals surface area contributed by atoms with Crippen LogP contribution in [0.1, 0.15) is 36.5 Å². The normalized spacial score (nSPS) is 15.6. The van der Waals surface area contributed by atoms with Gasteiger partial charge in [-0.05, 0) is 31.9 Å². The zero-order valence-electron chi connectivity index (χ0n) is 15.1. The van der Waals surface area contributed by atoms with E-state index in [1.165, 1.54) is 24.1 Å². The Morgan fingerprint density at radius 1 is 1.33 bits per heavy atom. The summed E-state index contributed by atoms with van der Waals surface area (Å²) in [6.45, 7) is 0.731. The monoisotopic (exact) mass is 394 g/mol. The van der Waals surface area contributed by atoms with Gasteiger partial charge < -0.3 is 21.3 Å². The molecule has 1 amide bonds. The number of carbonyl (C=O) groups is 1. The molecule has 0 unspecified atom stereocenters. The number of hydrogen-bond acceptors (Lipinski definition) is 4. The van der Waals surface area contributed by atoms with Crippen LogP contribution in [0.3, 0.4) is 0 Å². The highest BCUT2D eigenvalue weighted by atomic mass is 19.4. The van der Waals surface area contributed by atoms with Gasteiger partial charge in [0.2, 0.25) is 0 Å². The molecule has 1 aliphatic carbocycles. The van der Waals surface area contributed by atoms with Gasteiger partial charge in [-0.2, -0.15) is 13.2 Å². The molecule has 27 heavy (non-hydrogen) atoms. The van der Waals surface area contributed by atoms with Crippen LogP contribution in [0.15, 0.2) is 12.1 Å². The molecular formula is C17H23F5N4O. The van der Waals surface area contributed by atoms with Crippen LogP contribution in [0, 0.1) is 0 Å². The van der Waals surface area contributed by atoms with Crippen molar-refractivity contribution in [1.29, 1.82) is 0 Å². The molecule has 0 atom stereocenters. The minimum Gasteiger partial charge on any atom is -0.397 e. The van der Waals surface area contributed by atoms with Gasteiger partial charge in [0.1, 0.15) is 0 Å². The second-order valence-corrected chi connectivity index (χ2v) is 7.03. The lowest BCUT2D eigenvalue weighted by atomic mass is 10.1. The number of carbonyl (C=O) groups excluding carboxylic acids is 1. The molecule has 0 radical (unpaired) electrons. The first-order chi connectivity index (χ1) is 12.4. The van der Waals surface area contributed by atoms with Crippen LogP contribution in [-0.4, -0.2) is 44.2 Å². The molecule has 0 aliphatic heterocycles. The third-order valence-electron chi connectivity index (χ3n) is 4.37. The number of amides is 1. The SMILES string of the molecule is CN(CC(F)F)c1cc(NC2(C)CC2)c(N)cc1C(=O)NCCC(F)(F)F. The molecule has 5 nitrogen and oxygen atoms in total. The van der Waals surface area contributed by atoms with E-state index in [-0.39, 0.29) is 22.5 Å². The minimum absolute atomic E-state index is 0.0516. The number of nitrogen functional groups attached to an aromatic ring is 1. The lowest BCUT2D eigenvalue weighted by Crippen LogP contribution is -2.31. The number of nitrogens with one attached hydrogen (secondary N) is 2. The van der Waals surface area contributed by atoms with Crippen LogP contribution < -0.4 is 21.3 Å². The molecule has 1 saturated carbocycles. The van der Waals surface area contributed by atoms with Crippen molar-refractivity contribution < 1.29 is 26.7 Å². The zero-order chi connectivity index (χ0) is 20.4. The number of anilines is 3. The van der Waals surface area contributed by atoms with E-state index < -0.39 is 38.0 Å². The van der Waals surface area contributed by atoms with Crippen molar-refractivity contribution in [2.45, 2.75) is 44.3 Å². The Labute approximate surface area is 154 Å². The molecule has 0 aromatic heterocycles. The Kier molecular flexibility index (Phi) is 6.06. The first-order valence-corrected chi connectivity index (χ1v) is 8.46. The Morgan fingerprint density at radius 3 is 2.48 bits per heavy atom. The van der Waals surface area contributed by atoms with Crippen molar-refractivity contribution in [3.8, 4) is 0 Å². The van der Waals surface area contributed by atoms with Crippen LogP contribution in [0.5, 0.6) is 0 Å². The first-order valence-electron chi connectivity index (χ1n) is 8.46. The lowest BCUT2D eigenvalue weighted by Gasteiger charge is -2.25. The molecule has 10 heteroatoms. The fourth-order valence-corrected chi connectivity index (χ4v) is 2.57. The Morgan fingerprint density at radius 2 is 1.96 bits per heavy atom. The van der Waals surface area contributed by atoms with E-state index in [2.05, 4.69) is 10.6 Å². The van der Waals surface area contributed by atoms with Gasteiger partial charge in [0.25, 0.3) is 12.3 Å². The maximum Gasteiger partial charge on any atom is 0.390 e. The molecule has 4 N–H and O–H groups in total. The standard InChI is InChI=1S/C17H23F5N4O/c1-16(3-4-16)25-12-8-13(26(2)9-14(18)19)10(7-11(12)23)15(27)24-6-5-17(20,21)22/h7-8,14,25H,3-6,9,23H2,1-2H3,(H,24,27). The van der Waals surface area contributed by atoms with Crippen LogP contribution in [0.4, 0.5) is 39.0 Å². The largest absolute Gasteiger partial charge is 0.397 e. The zero-order valence-corrected chi connectivity index (χ0v) is 15.1. The van der Waals surface area contributed by atoms with E-state index in [4.69, 9.17) is 5.73 Å². The lowest BCUT2D eigenvalue weighted by molar-refractivity contribution is -0.132. The third-order valence-corrected chi connectivity index (χ3v) is 4.37. The summed E-state index contributed by atoms with van der Waals surface area (Å²) in [6, 6.07) is 2.79. The van der Waals surface area contributed by atoms with E-state index in [1.807, 2.05) is 6.92 Å². The summed E-state index contributed by atoms with van der Waals surface area (Å²) in [6.07, 6.45) is -6.39. The smallest absolute Gasteiger partial charge is 0.390 e. The second kappa shape index (κ2) is 7.77. The van der Waals surface area contributed by atoms with Crippen molar-refractivity contribution in [3.63, 3.8) is 0 Å². The highest BCUT2D eigenvalue weighted by Crippen LogP contribution is 2.41. The molecule has 0 saturated heterocycles. The van der Waals surface area contributed by atoms with Gasteiger partial charge in [-0.15, -0.1) is 0 Å². The average Bonchev–Trinajstić information content (AvgIpc) is 3.24. The van der Waals surface area contributed by atoms with Gasteiger partial charge in [0.15, 0.2) is 0 Å². The fourth-order valence-electron chi connectivity index (χ4n) is 2.57. The van der Waals surface area contributed by atoms with E-state index >= 15 is 0 Å². The molecule has 1 aromatic rings. The van der Waals surface area contributed by atoms with Crippen molar-refractivity contribution in [2.24, 2.45) is 0 Å². The second-order valence-electron chi connectivity index (χ2n) is 7.03. The summed E-state index contributed by atoms with van der Waals surface area (Å²) in [7, 11) is 1.38. The third kappa shape index (κ3) is 6.14. The van der Waals surface area contributed by atoms with E-state index in [0.29, 0.717) is 5.69 Å². The van der Waals surface area contributed by atoms with Crippen molar-refractivity contribution >= 4 is 23.0 Å². The molecule has 1 aliphatic rings. The number of halogens is 5. The Hall–Kier alpha value is -2.26. The van der Waals surface area contributed by atoms with Crippen LogP contribution in [-0.2, 0) is 0 Å². The Bertz CT molecular complexity index is 689. The summed E-state index contributed by atoms with van der Waals surface area (Å²) in [5.74, 6) is -0.800. The average molecular weight is 394 g/mol. The van der Waals surface area contributed by atoms with E-state index in [9.17, 15) is 26.7 Å². The first kappa shape index (κ1) is 21.0. The quantitative estimate of drug-likeness (QED) is 0.465. The number of hydrogen-bond donors (Lipinski definition) is 3. The minimum atomic E-state index is -4.41. The summed E-state index contributed by atoms with van der Waals surface area (Å²) in [5.41, 5.74) is 6.67. The number of rotatable bonds is 8. The van der Waals surface area contributed by atoms with Gasteiger partial charge in [-0.25, -0.2) is 8.78 Å². The van der Waals surface area contributed by atoms with Gasteiger partial charge >= 0.3 is 6.18 Å². The number of alkyl halides is 5. The number of nitrogens with zero attached hydrogens (tertiary/aromatic N) is 1. The molecule has 1 fully saturated rings. The van der Waals surface area contributed by atoms with Crippen molar-refractivity contribution in [2.75, 3.05) is 36.1 Å². The summed E-state index contributed by atoms with van der Waals surface area (Å²) in [4.78, 5) is 13.5. The molecule has 0 spiro atoms. The Balaban J connectivity index is 2.27. The maximum atomic E-state index is 12.8. The molecule has 0 bridgehead atoms. The van der Waals surface area contributed by atoms with Crippen LogP contribution >= 0.6 is 0 Å². The van der Waals surface area contributed by atoms with Gasteiger partial charge in [0.05, 0.1) is 35.6 Å². The predicted molar refractivity (Wildman–Crippen MR) is 94.4 cm³/mol. The maximum absolute atomic E-state index is 12.8. The highest BCUT2D eigenvalue weighted by molar-refractivity contribution is 6.02. The van der Waals surface area contributed by atoms with Crippen LogP contribution in [0.25, 0.3) is 0 Å². The highest BCUT2D eigenvalue weighted by Gasteiger charge is 2.37. The van der Waals surface area contributed by atoms with Crippen LogP contribution in [0.2, 0.25) is 0 Å². The van der Waals surface area contributed by atoms with Crippen molar-refractivity contribution in [3.05, 3.63) is 17.7 Å². The summed E-state index contributed by atoms with van der Waals surface area (Å²) >= 11 is 0. The molecule has 1 aromatic carbocycles. The van der Waals surface area contributed by atoms with Crippen molar-refractivity contribution in [1.82, 2.24) is 5.32 Å². The molecule has 152 valence electrons. The van der Waals surface area contributed by atoms with E-state index in [0.717, 1.165) is 12.8 Å². The van der Waals surface area contributed by atoms with Gasteiger partial charge in [-0.1, -0.05) is 0 Å². The molecule has 2 rings (SSSR count). The summed E-state index contributed by atoms with van der Waals surface area (Å²) in [5, 5.41) is 5.38. The van der Waals surface area contributed by atoms with E-state index in [1.54, 1.807) is 0 Å². The fraction of sp³-hybridized carbons (Fsp3) is 0.588.